The van der Waals surface area contributed by atoms with Gasteiger partial charge in [0.1, 0.15) is 11.2 Å². The summed E-state index contributed by atoms with van der Waals surface area (Å²) in [4.78, 5) is 0. The van der Waals surface area contributed by atoms with E-state index in [1.807, 2.05) is 13.8 Å². The van der Waals surface area contributed by atoms with Crippen LogP contribution in [0.2, 0.25) is 0 Å². The molecule has 0 spiro atoms. The van der Waals surface area contributed by atoms with Gasteiger partial charge in [0.2, 0.25) is 0 Å². The lowest BCUT2D eigenvalue weighted by Gasteiger charge is -2.34. The van der Waals surface area contributed by atoms with Gasteiger partial charge in [-0.15, -0.1) is 0 Å². The highest BCUT2D eigenvalue weighted by atomic mass is 16.3. The minimum Gasteiger partial charge on any atom is -0.456 e. The van der Waals surface area contributed by atoms with Crippen molar-refractivity contribution in [2.24, 2.45) is 0 Å². The number of nitrogens with zero attached hydrogens (tertiary/aromatic N) is 1. The largest absolute Gasteiger partial charge is 0.456 e. The number of para-hydroxylation sites is 2. The molecule has 0 unspecified atom stereocenters. The van der Waals surface area contributed by atoms with Gasteiger partial charge in [-0.2, -0.15) is 0 Å². The van der Waals surface area contributed by atoms with Crippen LogP contribution in [0.25, 0.3) is 82.8 Å². The fourth-order valence-electron chi connectivity index (χ4n) is 9.80. The third-order valence-corrected chi connectivity index (χ3v) is 12.3. The van der Waals surface area contributed by atoms with Gasteiger partial charge in [-0.05, 0) is 110 Å². The number of furan rings is 1. The van der Waals surface area contributed by atoms with Gasteiger partial charge < -0.3 is 8.98 Å². The van der Waals surface area contributed by atoms with Crippen molar-refractivity contribution in [1.29, 1.82) is 0 Å². The van der Waals surface area contributed by atoms with E-state index in [4.69, 9.17) is 4.42 Å². The Bertz CT molecular complexity index is 3260. The van der Waals surface area contributed by atoms with E-state index in [2.05, 4.69) is 217 Å². The summed E-state index contributed by atoms with van der Waals surface area (Å²) in [5.41, 5.74) is 17.1. The molecule has 0 atom stereocenters. The lowest BCUT2D eigenvalue weighted by Crippen LogP contribution is -2.28. The van der Waals surface area contributed by atoms with Gasteiger partial charge >= 0.3 is 0 Å². The molecule has 1 aliphatic carbocycles. The first-order valence-corrected chi connectivity index (χ1v) is 20.7. The van der Waals surface area contributed by atoms with E-state index in [-0.39, 0.29) is 0 Å². The predicted molar refractivity (Wildman–Crippen MR) is 248 cm³/mol. The lowest BCUT2D eigenvalue weighted by molar-refractivity contribution is 0.668. The Morgan fingerprint density at radius 3 is 1.53 bits per heavy atom. The summed E-state index contributed by atoms with van der Waals surface area (Å²) in [7, 11) is 0. The average molecular weight is 756 g/mol. The molecule has 280 valence electrons. The summed E-state index contributed by atoms with van der Waals surface area (Å²) in [5, 5.41) is 4.72. The molecule has 12 rings (SSSR count). The smallest absolute Gasteiger partial charge is 0.135 e. The third-order valence-electron chi connectivity index (χ3n) is 12.3. The van der Waals surface area contributed by atoms with Crippen LogP contribution < -0.4 is 0 Å². The third kappa shape index (κ3) is 5.26. The van der Waals surface area contributed by atoms with Crippen LogP contribution in [0.1, 0.15) is 36.1 Å². The van der Waals surface area contributed by atoms with Crippen molar-refractivity contribution in [2.75, 3.05) is 0 Å². The number of fused-ring (bicyclic) bond motifs is 9. The second-order valence-corrected chi connectivity index (χ2v) is 15.2. The summed E-state index contributed by atoms with van der Waals surface area (Å²) in [6, 6.07) is 77.6. The summed E-state index contributed by atoms with van der Waals surface area (Å²) in [5.74, 6) is 0. The Balaban J connectivity index is 0.00000196. The van der Waals surface area contributed by atoms with E-state index >= 15 is 0 Å². The van der Waals surface area contributed by atoms with E-state index < -0.39 is 5.41 Å². The van der Waals surface area contributed by atoms with Crippen molar-refractivity contribution in [3.05, 3.63) is 235 Å². The minimum absolute atomic E-state index is 0.567. The highest BCUT2D eigenvalue weighted by molar-refractivity contribution is 6.10. The number of rotatable bonds is 5. The highest BCUT2D eigenvalue weighted by Crippen LogP contribution is 2.57. The van der Waals surface area contributed by atoms with Gasteiger partial charge in [0, 0.05) is 27.2 Å². The molecule has 0 saturated carbocycles. The number of benzene rings is 9. The second-order valence-electron chi connectivity index (χ2n) is 15.2. The van der Waals surface area contributed by atoms with Crippen molar-refractivity contribution < 1.29 is 4.42 Å². The fraction of sp³-hybridized carbons (Fsp3) is 0.0526. The maximum absolute atomic E-state index is 6.61. The van der Waals surface area contributed by atoms with E-state index in [1.54, 1.807) is 0 Å². The monoisotopic (exact) mass is 755 g/mol. The van der Waals surface area contributed by atoms with E-state index in [1.165, 1.54) is 77.4 Å². The standard InChI is InChI=1S/C55H35NO.C2H6/c1-2-14-36(15-3-1)37-16-12-17-38(32-37)39-18-13-19-40(33-39)55(49-24-8-4-20-43(49)44-21-5-9-25-50(44)55)41-28-30-53-47(34-41)48-35-42(29-31-54(48)57-53)56-51-26-10-6-22-45(51)46-23-7-11-27-52(46)56;1-2/h1-35H;1-2H3. The average Bonchev–Trinajstić information content (AvgIpc) is 3.96. The van der Waals surface area contributed by atoms with Crippen LogP contribution in [0.3, 0.4) is 0 Å². The molecule has 0 fully saturated rings. The van der Waals surface area contributed by atoms with Crippen LogP contribution in [0.5, 0.6) is 0 Å². The van der Waals surface area contributed by atoms with Gasteiger partial charge in [-0.1, -0.05) is 172 Å². The molecule has 59 heavy (non-hydrogen) atoms. The zero-order valence-electron chi connectivity index (χ0n) is 33.1. The molecular formula is C57H41NO. The van der Waals surface area contributed by atoms with E-state index in [0.29, 0.717) is 0 Å². The highest BCUT2D eigenvalue weighted by Gasteiger charge is 2.46. The normalized spacial score (nSPS) is 12.7. The first kappa shape index (κ1) is 34.8. The number of hydrogen-bond donors (Lipinski definition) is 0. The molecule has 2 aromatic heterocycles. The van der Waals surface area contributed by atoms with Crippen LogP contribution in [0.4, 0.5) is 0 Å². The van der Waals surface area contributed by atoms with Crippen LogP contribution in [0.15, 0.2) is 217 Å². The first-order chi connectivity index (χ1) is 29.3. The van der Waals surface area contributed by atoms with Crippen LogP contribution in [-0.4, -0.2) is 4.57 Å². The molecule has 11 aromatic rings. The van der Waals surface area contributed by atoms with Gasteiger partial charge in [0.05, 0.1) is 16.4 Å². The summed E-state index contributed by atoms with van der Waals surface area (Å²) in [6.45, 7) is 4.00. The second kappa shape index (κ2) is 13.9. The molecule has 2 heterocycles. The van der Waals surface area contributed by atoms with Crippen molar-refractivity contribution in [3.63, 3.8) is 0 Å². The molecule has 2 heteroatoms. The quantitative estimate of drug-likeness (QED) is 0.171. The van der Waals surface area contributed by atoms with E-state index in [9.17, 15) is 0 Å². The number of aromatic nitrogens is 1. The lowest BCUT2D eigenvalue weighted by atomic mass is 9.67. The molecule has 0 saturated heterocycles. The molecule has 1 aliphatic rings. The first-order valence-electron chi connectivity index (χ1n) is 20.7. The fourth-order valence-corrected chi connectivity index (χ4v) is 9.80. The van der Waals surface area contributed by atoms with Crippen molar-refractivity contribution >= 4 is 43.7 Å². The predicted octanol–water partition coefficient (Wildman–Crippen LogP) is 15.4. The van der Waals surface area contributed by atoms with Crippen LogP contribution in [0, 0.1) is 0 Å². The van der Waals surface area contributed by atoms with Gasteiger partial charge in [-0.25, -0.2) is 0 Å². The van der Waals surface area contributed by atoms with Crippen molar-refractivity contribution in [1.82, 2.24) is 4.57 Å². The van der Waals surface area contributed by atoms with E-state index in [0.717, 1.165) is 27.6 Å². The van der Waals surface area contributed by atoms with Gasteiger partial charge in [-0.3, -0.25) is 0 Å². The van der Waals surface area contributed by atoms with Gasteiger partial charge in [0.15, 0.2) is 0 Å². The molecule has 0 N–H and O–H groups in total. The Kier molecular flexibility index (Phi) is 8.20. The summed E-state index contributed by atoms with van der Waals surface area (Å²) in [6.07, 6.45) is 0. The maximum Gasteiger partial charge on any atom is 0.135 e. The topological polar surface area (TPSA) is 18.1 Å². The van der Waals surface area contributed by atoms with Crippen molar-refractivity contribution in [3.8, 4) is 39.1 Å². The Hall–Kier alpha value is -7.42. The Morgan fingerprint density at radius 2 is 0.847 bits per heavy atom. The SMILES string of the molecule is CC.c1ccc(-c2cccc(-c3cccc(C4(c5ccc6oc7ccc(-n8c9ccccc9c9ccccc98)cc7c6c5)c5ccccc5-c5ccccc54)c3)c2)cc1. The Labute approximate surface area is 344 Å². The molecule has 0 aliphatic heterocycles. The zero-order chi connectivity index (χ0) is 39.5. The molecular weight excluding hydrogens is 715 g/mol. The molecule has 0 amide bonds. The zero-order valence-corrected chi connectivity index (χ0v) is 33.1. The number of hydrogen-bond acceptors (Lipinski definition) is 1. The molecule has 9 aromatic carbocycles. The Morgan fingerprint density at radius 1 is 0.356 bits per heavy atom. The van der Waals surface area contributed by atoms with Crippen molar-refractivity contribution in [2.45, 2.75) is 19.3 Å². The molecule has 0 radical (unpaired) electrons. The van der Waals surface area contributed by atoms with Crippen LogP contribution in [-0.2, 0) is 5.41 Å². The van der Waals surface area contributed by atoms with Gasteiger partial charge in [0.25, 0.3) is 0 Å². The summed E-state index contributed by atoms with van der Waals surface area (Å²) < 4.78 is 9.00. The molecule has 2 nitrogen and oxygen atoms in total. The molecule has 0 bridgehead atoms. The maximum atomic E-state index is 6.61. The van der Waals surface area contributed by atoms with Crippen LogP contribution >= 0.6 is 0 Å². The minimum atomic E-state index is -0.567. The summed E-state index contributed by atoms with van der Waals surface area (Å²) >= 11 is 0.